The summed E-state index contributed by atoms with van der Waals surface area (Å²) in [6.07, 6.45) is 8.63. The molecule has 2 heterocycles. The summed E-state index contributed by atoms with van der Waals surface area (Å²) >= 11 is 0. The highest BCUT2D eigenvalue weighted by Crippen LogP contribution is 2.38. The van der Waals surface area contributed by atoms with Crippen LogP contribution >= 0.6 is 0 Å². The molecule has 2 aromatic carbocycles. The largest absolute Gasteiger partial charge is 0.350 e. The summed E-state index contributed by atoms with van der Waals surface area (Å²) < 4.78 is 2.16. The fraction of sp³-hybridized carbons (Fsp3) is 0.414. The van der Waals surface area contributed by atoms with Gasteiger partial charge in [0.1, 0.15) is 0 Å². The maximum Gasteiger partial charge on any atom is 0.255 e. The highest BCUT2D eigenvalue weighted by atomic mass is 16.2. The number of likely N-dealkylation sites (tertiary alicyclic amines) is 1. The summed E-state index contributed by atoms with van der Waals surface area (Å²) in [7, 11) is 2.07. The molecule has 6 nitrogen and oxygen atoms in total. The molecule has 0 atom stereocenters. The van der Waals surface area contributed by atoms with E-state index in [4.69, 9.17) is 5.26 Å². The molecule has 3 aromatic rings. The number of anilines is 1. The Balaban J connectivity index is 1.37. The Labute approximate surface area is 206 Å². The van der Waals surface area contributed by atoms with Gasteiger partial charge in [0, 0.05) is 54.4 Å². The lowest BCUT2D eigenvalue weighted by Gasteiger charge is -2.33. The van der Waals surface area contributed by atoms with Crippen LogP contribution in [0, 0.1) is 24.2 Å². The van der Waals surface area contributed by atoms with Crippen molar-refractivity contribution in [1.82, 2.24) is 9.47 Å². The van der Waals surface area contributed by atoms with E-state index in [0.717, 1.165) is 55.5 Å². The van der Waals surface area contributed by atoms with Gasteiger partial charge >= 0.3 is 0 Å². The fourth-order valence-corrected chi connectivity index (χ4v) is 5.91. The molecular formula is C29H32N4O2. The summed E-state index contributed by atoms with van der Waals surface area (Å²) in [5.41, 5.74) is 5.21. The first-order chi connectivity index (χ1) is 17.0. The predicted octanol–water partition coefficient (Wildman–Crippen LogP) is 5.51. The minimum Gasteiger partial charge on any atom is -0.350 e. The van der Waals surface area contributed by atoms with Crippen LogP contribution in [0.25, 0.3) is 10.9 Å². The number of hydrogen-bond acceptors (Lipinski definition) is 3. The van der Waals surface area contributed by atoms with Crippen LogP contribution < -0.4 is 5.32 Å². The number of carbonyl (C=O) groups excluding carboxylic acids is 2. The van der Waals surface area contributed by atoms with Gasteiger partial charge in [-0.2, -0.15) is 5.26 Å². The molecule has 2 fully saturated rings. The van der Waals surface area contributed by atoms with E-state index in [9.17, 15) is 9.59 Å². The SMILES string of the molecule is Cc1c(NC(=O)c2cccc(C#N)c2)ccc2c1c(C1CCN(C(=O)C3CCCC3)CC1)cn2C. The van der Waals surface area contributed by atoms with Gasteiger partial charge in [-0.15, -0.1) is 0 Å². The van der Waals surface area contributed by atoms with Crippen molar-refractivity contribution in [3.8, 4) is 6.07 Å². The molecule has 1 aromatic heterocycles. The van der Waals surface area contributed by atoms with Crippen molar-refractivity contribution >= 4 is 28.4 Å². The summed E-state index contributed by atoms with van der Waals surface area (Å²) in [6.45, 7) is 3.70. The molecule has 35 heavy (non-hydrogen) atoms. The van der Waals surface area contributed by atoms with Crippen molar-refractivity contribution in [3.05, 3.63) is 64.8 Å². The third-order valence-electron chi connectivity index (χ3n) is 7.90. The van der Waals surface area contributed by atoms with E-state index in [-0.39, 0.29) is 11.8 Å². The van der Waals surface area contributed by atoms with Crippen molar-refractivity contribution in [2.75, 3.05) is 18.4 Å². The van der Waals surface area contributed by atoms with E-state index in [2.05, 4.69) is 47.1 Å². The normalized spacial score (nSPS) is 17.0. The Morgan fingerprint density at radius 3 is 2.51 bits per heavy atom. The number of nitriles is 1. The molecule has 1 aliphatic heterocycles. The first-order valence-electron chi connectivity index (χ1n) is 12.6. The predicted molar refractivity (Wildman–Crippen MR) is 137 cm³/mol. The van der Waals surface area contributed by atoms with Gasteiger partial charge in [0.2, 0.25) is 5.91 Å². The molecule has 180 valence electrons. The Kier molecular flexibility index (Phi) is 6.34. The number of nitrogens with zero attached hydrogens (tertiary/aromatic N) is 3. The minimum atomic E-state index is -0.222. The van der Waals surface area contributed by atoms with Gasteiger partial charge in [-0.1, -0.05) is 18.9 Å². The van der Waals surface area contributed by atoms with Crippen molar-refractivity contribution < 1.29 is 9.59 Å². The molecule has 2 amide bonds. The quantitative estimate of drug-likeness (QED) is 0.549. The molecule has 1 saturated carbocycles. The second-order valence-corrected chi connectivity index (χ2v) is 10.1. The number of benzene rings is 2. The lowest BCUT2D eigenvalue weighted by molar-refractivity contribution is -0.136. The molecule has 6 heteroatoms. The standard InChI is InChI=1S/C29H32N4O2/c1-19-25(31-28(34)23-9-5-6-20(16-23)17-30)10-11-26-27(19)24(18-32(26)2)21-12-14-33(15-13-21)29(35)22-7-3-4-8-22/h5-6,9-11,16,18,21-22H,3-4,7-8,12-15H2,1-2H3,(H,31,34). The van der Waals surface area contributed by atoms with Crippen LogP contribution in [0.15, 0.2) is 42.6 Å². The first-order valence-corrected chi connectivity index (χ1v) is 12.6. The Morgan fingerprint density at radius 2 is 1.80 bits per heavy atom. The van der Waals surface area contributed by atoms with Crippen molar-refractivity contribution in [3.63, 3.8) is 0 Å². The zero-order valence-corrected chi connectivity index (χ0v) is 20.5. The van der Waals surface area contributed by atoms with Gasteiger partial charge in [-0.05, 0) is 80.0 Å². The van der Waals surface area contributed by atoms with Crippen LogP contribution in [0.4, 0.5) is 5.69 Å². The molecule has 1 saturated heterocycles. The highest BCUT2D eigenvalue weighted by molar-refractivity contribution is 6.06. The number of aromatic nitrogens is 1. The van der Waals surface area contributed by atoms with E-state index in [0.29, 0.717) is 23.0 Å². The number of fused-ring (bicyclic) bond motifs is 1. The van der Waals surface area contributed by atoms with Crippen molar-refractivity contribution in [2.45, 2.75) is 51.4 Å². The van der Waals surface area contributed by atoms with E-state index in [1.54, 1.807) is 24.3 Å². The maximum atomic E-state index is 12.9. The summed E-state index contributed by atoms with van der Waals surface area (Å²) in [5, 5.41) is 13.4. The second-order valence-electron chi connectivity index (χ2n) is 10.1. The zero-order chi connectivity index (χ0) is 24.5. The molecule has 1 N–H and O–H groups in total. The molecule has 5 rings (SSSR count). The van der Waals surface area contributed by atoms with Gasteiger partial charge in [-0.25, -0.2) is 0 Å². The van der Waals surface area contributed by atoms with Gasteiger partial charge in [0.15, 0.2) is 0 Å². The number of amides is 2. The Hall–Kier alpha value is -3.59. The van der Waals surface area contributed by atoms with Crippen LogP contribution in [0.1, 0.15) is 71.5 Å². The van der Waals surface area contributed by atoms with Gasteiger partial charge in [-0.3, -0.25) is 9.59 Å². The minimum absolute atomic E-state index is 0.222. The van der Waals surface area contributed by atoms with E-state index >= 15 is 0 Å². The third-order valence-corrected chi connectivity index (χ3v) is 7.90. The average molecular weight is 469 g/mol. The van der Waals surface area contributed by atoms with E-state index in [1.165, 1.54) is 23.8 Å². The molecule has 0 bridgehead atoms. The molecule has 0 radical (unpaired) electrons. The number of nitrogens with one attached hydrogen (secondary N) is 1. The van der Waals surface area contributed by atoms with Crippen molar-refractivity contribution in [1.29, 1.82) is 5.26 Å². The summed E-state index contributed by atoms with van der Waals surface area (Å²) in [5.74, 6) is 0.774. The van der Waals surface area contributed by atoms with Gasteiger partial charge in [0.25, 0.3) is 5.91 Å². The van der Waals surface area contributed by atoms with Crippen LogP contribution in [-0.2, 0) is 11.8 Å². The average Bonchev–Trinajstić information content (AvgIpc) is 3.54. The van der Waals surface area contributed by atoms with Crippen LogP contribution in [0.3, 0.4) is 0 Å². The van der Waals surface area contributed by atoms with E-state index in [1.807, 2.05) is 6.07 Å². The van der Waals surface area contributed by atoms with Crippen LogP contribution in [0.2, 0.25) is 0 Å². The van der Waals surface area contributed by atoms with Gasteiger partial charge in [0.05, 0.1) is 11.6 Å². The molecule has 2 aliphatic rings. The lowest BCUT2D eigenvalue weighted by Crippen LogP contribution is -2.40. The second kappa shape index (κ2) is 9.58. The molecule has 1 aliphatic carbocycles. The topological polar surface area (TPSA) is 78.1 Å². The summed E-state index contributed by atoms with van der Waals surface area (Å²) in [4.78, 5) is 27.9. The molecule has 0 unspecified atom stereocenters. The zero-order valence-electron chi connectivity index (χ0n) is 20.5. The van der Waals surface area contributed by atoms with Gasteiger partial charge < -0.3 is 14.8 Å². The third kappa shape index (κ3) is 4.43. The maximum absolute atomic E-state index is 12.9. The Morgan fingerprint density at radius 1 is 1.06 bits per heavy atom. The number of hydrogen-bond donors (Lipinski definition) is 1. The molecule has 0 spiro atoms. The first kappa shape index (κ1) is 23.2. The number of carbonyl (C=O) groups is 2. The van der Waals surface area contributed by atoms with Crippen molar-refractivity contribution in [2.24, 2.45) is 13.0 Å². The van der Waals surface area contributed by atoms with Crippen LogP contribution in [0.5, 0.6) is 0 Å². The molecular weight excluding hydrogens is 436 g/mol. The smallest absolute Gasteiger partial charge is 0.255 e. The number of rotatable bonds is 4. The lowest BCUT2D eigenvalue weighted by atomic mass is 9.87. The van der Waals surface area contributed by atoms with Crippen LogP contribution in [-0.4, -0.2) is 34.4 Å². The monoisotopic (exact) mass is 468 g/mol. The summed E-state index contributed by atoms with van der Waals surface area (Å²) in [6, 6.07) is 12.8. The number of aryl methyl sites for hydroxylation is 2. The highest BCUT2D eigenvalue weighted by Gasteiger charge is 2.31. The number of piperidine rings is 1. The fourth-order valence-electron chi connectivity index (χ4n) is 5.91. The Bertz CT molecular complexity index is 1320. The van der Waals surface area contributed by atoms with E-state index < -0.39 is 0 Å².